The Kier molecular flexibility index (Phi) is 5.05. The fourth-order valence-corrected chi connectivity index (χ4v) is 2.27. The molecule has 1 amide bonds. The summed E-state index contributed by atoms with van der Waals surface area (Å²) in [7, 11) is 0. The number of pyridine rings is 1. The van der Waals surface area contributed by atoms with Crippen LogP contribution in [0.2, 0.25) is 0 Å². The van der Waals surface area contributed by atoms with Crippen molar-refractivity contribution in [3.05, 3.63) is 70.0 Å². The quantitative estimate of drug-likeness (QED) is 0.656. The van der Waals surface area contributed by atoms with E-state index < -0.39 is 10.5 Å². The molecule has 6 heteroatoms. The summed E-state index contributed by atoms with van der Waals surface area (Å²) in [5, 5.41) is 13.6. The number of aryl methyl sites for hydroxylation is 1. The molecular weight excluding hydrogens is 294 g/mol. The highest BCUT2D eigenvalue weighted by Crippen LogP contribution is 2.23. The van der Waals surface area contributed by atoms with Crippen molar-refractivity contribution in [3.8, 4) is 0 Å². The van der Waals surface area contributed by atoms with Crippen LogP contribution >= 0.6 is 0 Å². The first-order chi connectivity index (χ1) is 10.9. The lowest BCUT2D eigenvalue weighted by Crippen LogP contribution is -2.41. The number of amides is 1. The van der Waals surface area contributed by atoms with Crippen LogP contribution in [0.25, 0.3) is 0 Å². The number of aromatic nitrogens is 1. The largest absolute Gasteiger partial charge is 0.347 e. The van der Waals surface area contributed by atoms with Crippen LogP contribution < -0.4 is 5.32 Å². The van der Waals surface area contributed by atoms with E-state index >= 15 is 0 Å². The second kappa shape index (κ2) is 7.00. The molecule has 2 aromatic rings. The van der Waals surface area contributed by atoms with Crippen LogP contribution in [0.3, 0.4) is 0 Å². The molecule has 1 aromatic carbocycles. The maximum atomic E-state index is 12.1. The highest BCUT2D eigenvalue weighted by Gasteiger charge is 2.23. The molecule has 0 saturated heterocycles. The Morgan fingerprint density at radius 2 is 1.91 bits per heavy atom. The van der Waals surface area contributed by atoms with Gasteiger partial charge in [-0.25, -0.2) is 0 Å². The van der Waals surface area contributed by atoms with Gasteiger partial charge < -0.3 is 5.32 Å². The van der Waals surface area contributed by atoms with Gasteiger partial charge in [0.05, 0.1) is 10.5 Å². The molecule has 0 atom stereocenters. The van der Waals surface area contributed by atoms with Gasteiger partial charge in [0.15, 0.2) is 0 Å². The third-order valence-electron chi connectivity index (χ3n) is 3.59. The molecule has 0 spiro atoms. The van der Waals surface area contributed by atoms with Crippen LogP contribution in [0, 0.1) is 10.1 Å². The molecule has 23 heavy (non-hydrogen) atoms. The molecule has 0 aliphatic carbocycles. The minimum Gasteiger partial charge on any atom is -0.347 e. The second-order valence-corrected chi connectivity index (χ2v) is 5.80. The average Bonchev–Trinajstić information content (AvgIpc) is 2.53. The van der Waals surface area contributed by atoms with E-state index in [2.05, 4.69) is 10.3 Å². The number of nitrogens with zero attached hydrogens (tertiary/aromatic N) is 2. The minimum atomic E-state index is -0.601. The van der Waals surface area contributed by atoms with Crippen molar-refractivity contribution in [1.82, 2.24) is 10.3 Å². The van der Waals surface area contributed by atoms with Crippen molar-refractivity contribution in [2.24, 2.45) is 0 Å². The summed E-state index contributed by atoms with van der Waals surface area (Å²) < 4.78 is 0. The summed E-state index contributed by atoms with van der Waals surface area (Å²) >= 11 is 0. The Balaban J connectivity index is 1.96. The summed E-state index contributed by atoms with van der Waals surface area (Å²) in [5.41, 5.74) is 1.12. The fourth-order valence-electron chi connectivity index (χ4n) is 2.27. The highest BCUT2D eigenvalue weighted by molar-refractivity contribution is 5.77. The molecule has 0 fully saturated rings. The van der Waals surface area contributed by atoms with Crippen LogP contribution in [-0.2, 0) is 16.8 Å². The fraction of sp³-hybridized carbons (Fsp3) is 0.294. The number of hydrogen-bond acceptors (Lipinski definition) is 4. The Bertz CT molecular complexity index is 682. The number of nitro benzene ring substituents is 1. The number of non-ortho nitro benzene ring substituents is 1. The lowest BCUT2D eigenvalue weighted by molar-refractivity contribution is -0.384. The number of nitrogens with one attached hydrogen (secondary N) is 1. The van der Waals surface area contributed by atoms with Crippen molar-refractivity contribution in [3.63, 3.8) is 0 Å². The molecule has 0 aliphatic heterocycles. The van der Waals surface area contributed by atoms with E-state index in [0.29, 0.717) is 12.8 Å². The summed E-state index contributed by atoms with van der Waals surface area (Å²) in [4.78, 5) is 26.6. The summed E-state index contributed by atoms with van der Waals surface area (Å²) in [5.74, 6) is -0.0843. The third-order valence-corrected chi connectivity index (χ3v) is 3.59. The molecule has 6 nitrogen and oxygen atoms in total. The summed E-state index contributed by atoms with van der Waals surface area (Å²) in [6, 6.07) is 11.8. The highest BCUT2D eigenvalue weighted by atomic mass is 16.6. The van der Waals surface area contributed by atoms with Crippen molar-refractivity contribution in [2.75, 3.05) is 0 Å². The van der Waals surface area contributed by atoms with Gasteiger partial charge in [-0.2, -0.15) is 0 Å². The first-order valence-corrected chi connectivity index (χ1v) is 7.34. The lowest BCUT2D eigenvalue weighted by Gasteiger charge is -2.27. The monoisotopic (exact) mass is 313 g/mol. The van der Waals surface area contributed by atoms with Gasteiger partial charge in [-0.1, -0.05) is 6.07 Å². The van der Waals surface area contributed by atoms with Crippen LogP contribution in [-0.4, -0.2) is 15.8 Å². The molecule has 0 radical (unpaired) electrons. The number of hydrogen-bond donors (Lipinski definition) is 1. The number of carbonyl (C=O) groups excluding carboxylic acids is 1. The van der Waals surface area contributed by atoms with Gasteiger partial charge in [0.1, 0.15) is 0 Å². The molecule has 0 bridgehead atoms. The van der Waals surface area contributed by atoms with E-state index in [4.69, 9.17) is 0 Å². The number of nitro groups is 1. The van der Waals surface area contributed by atoms with Crippen LogP contribution in [0.4, 0.5) is 5.69 Å². The molecule has 0 aliphatic rings. The van der Waals surface area contributed by atoms with Crippen molar-refractivity contribution >= 4 is 11.6 Å². The van der Waals surface area contributed by atoms with Gasteiger partial charge in [-0.3, -0.25) is 19.9 Å². The van der Waals surface area contributed by atoms with E-state index in [1.54, 1.807) is 18.3 Å². The predicted molar refractivity (Wildman–Crippen MR) is 86.8 cm³/mol. The van der Waals surface area contributed by atoms with E-state index in [1.807, 2.05) is 32.0 Å². The van der Waals surface area contributed by atoms with Crippen molar-refractivity contribution in [1.29, 1.82) is 0 Å². The molecular formula is C17H19N3O3. The van der Waals surface area contributed by atoms with Gasteiger partial charge in [0.2, 0.25) is 5.91 Å². The van der Waals surface area contributed by atoms with Crippen LogP contribution in [0.5, 0.6) is 0 Å². The average molecular weight is 313 g/mol. The van der Waals surface area contributed by atoms with E-state index in [-0.39, 0.29) is 11.6 Å². The first-order valence-electron chi connectivity index (χ1n) is 7.34. The molecule has 1 heterocycles. The van der Waals surface area contributed by atoms with E-state index in [1.165, 1.54) is 12.1 Å². The Morgan fingerprint density at radius 3 is 2.48 bits per heavy atom. The molecule has 2 rings (SSSR count). The van der Waals surface area contributed by atoms with Gasteiger partial charge in [0, 0.05) is 30.4 Å². The second-order valence-electron chi connectivity index (χ2n) is 5.80. The predicted octanol–water partition coefficient (Wildman–Crippen LogP) is 2.97. The maximum Gasteiger partial charge on any atom is 0.269 e. The SMILES string of the molecule is CC(C)(NC(=O)CCc1ccccn1)c1ccc([N+](=O)[O-])cc1. The maximum absolute atomic E-state index is 12.1. The number of carbonyl (C=O) groups is 1. The zero-order valence-corrected chi connectivity index (χ0v) is 13.2. The number of benzene rings is 1. The Morgan fingerprint density at radius 1 is 1.22 bits per heavy atom. The molecule has 1 aromatic heterocycles. The lowest BCUT2D eigenvalue weighted by atomic mass is 9.93. The van der Waals surface area contributed by atoms with Gasteiger partial charge in [-0.15, -0.1) is 0 Å². The Hall–Kier alpha value is -2.76. The molecule has 0 unspecified atom stereocenters. The normalized spacial score (nSPS) is 11.0. The van der Waals surface area contributed by atoms with Crippen LogP contribution in [0.1, 0.15) is 31.5 Å². The zero-order valence-electron chi connectivity index (χ0n) is 13.2. The van der Waals surface area contributed by atoms with E-state index in [9.17, 15) is 14.9 Å². The summed E-state index contributed by atoms with van der Waals surface area (Å²) in [6.45, 7) is 3.74. The summed E-state index contributed by atoms with van der Waals surface area (Å²) in [6.07, 6.45) is 2.62. The van der Waals surface area contributed by atoms with Crippen molar-refractivity contribution in [2.45, 2.75) is 32.2 Å². The first kappa shape index (κ1) is 16.6. The molecule has 1 N–H and O–H groups in total. The van der Waals surface area contributed by atoms with Gasteiger partial charge in [-0.05, 0) is 50.1 Å². The minimum absolute atomic E-state index is 0.0334. The van der Waals surface area contributed by atoms with Gasteiger partial charge in [0.25, 0.3) is 5.69 Å². The zero-order chi connectivity index (χ0) is 16.9. The standard InChI is InChI=1S/C17H19N3O3/c1-17(2,13-6-9-15(10-7-13)20(22)23)19-16(21)11-8-14-5-3-4-12-18-14/h3-7,9-10,12H,8,11H2,1-2H3,(H,19,21). The van der Waals surface area contributed by atoms with Crippen LogP contribution in [0.15, 0.2) is 48.7 Å². The Labute approximate surface area is 134 Å². The molecule has 120 valence electrons. The topological polar surface area (TPSA) is 85.1 Å². The smallest absolute Gasteiger partial charge is 0.269 e. The van der Waals surface area contributed by atoms with Gasteiger partial charge >= 0.3 is 0 Å². The van der Waals surface area contributed by atoms with E-state index in [0.717, 1.165) is 11.3 Å². The van der Waals surface area contributed by atoms with Crippen molar-refractivity contribution < 1.29 is 9.72 Å². The molecule has 0 saturated carbocycles. The third kappa shape index (κ3) is 4.60. The number of rotatable bonds is 6.